The zero-order valence-corrected chi connectivity index (χ0v) is 10.9. The summed E-state index contributed by atoms with van der Waals surface area (Å²) in [6, 6.07) is 8.90. The maximum absolute atomic E-state index is 12.1. The van der Waals surface area contributed by atoms with Gasteiger partial charge in [-0.25, -0.2) is 0 Å². The van der Waals surface area contributed by atoms with E-state index in [0.29, 0.717) is 12.6 Å². The molecule has 94 valence electrons. The van der Waals surface area contributed by atoms with E-state index in [1.54, 1.807) is 0 Å². The number of fused-ring (bicyclic) bond motifs is 1. The van der Waals surface area contributed by atoms with Gasteiger partial charge in [-0.15, -0.1) is 0 Å². The van der Waals surface area contributed by atoms with Crippen molar-refractivity contribution in [2.75, 3.05) is 7.05 Å². The van der Waals surface area contributed by atoms with Gasteiger partial charge in [-0.3, -0.25) is 4.79 Å². The van der Waals surface area contributed by atoms with Crippen LogP contribution in [0.5, 0.6) is 0 Å². The van der Waals surface area contributed by atoms with Crippen molar-refractivity contribution >= 4 is 16.8 Å². The van der Waals surface area contributed by atoms with Gasteiger partial charge in [0.25, 0.3) is 0 Å². The third kappa shape index (κ3) is 2.01. The fourth-order valence-corrected chi connectivity index (χ4v) is 2.38. The van der Waals surface area contributed by atoms with Crippen LogP contribution in [0, 0.1) is 6.92 Å². The summed E-state index contributed by atoms with van der Waals surface area (Å²) >= 11 is 0. The number of likely N-dealkylation sites (N-methyl/N-ethyl adjacent to an activating group) is 1. The minimum atomic E-state index is 0.204. The topological polar surface area (TPSA) is 25.2 Å². The van der Waals surface area contributed by atoms with Crippen LogP contribution < -0.4 is 0 Å². The Morgan fingerprint density at radius 1 is 1.39 bits per heavy atom. The first kappa shape index (κ1) is 11.3. The van der Waals surface area contributed by atoms with Crippen LogP contribution >= 0.6 is 0 Å². The second kappa shape index (κ2) is 4.16. The van der Waals surface area contributed by atoms with Gasteiger partial charge in [-0.2, -0.15) is 0 Å². The molecular weight excluding hydrogens is 224 g/mol. The van der Waals surface area contributed by atoms with E-state index in [4.69, 9.17) is 0 Å². The van der Waals surface area contributed by atoms with E-state index in [1.165, 1.54) is 10.9 Å². The molecule has 2 aromatic rings. The fraction of sp³-hybridized carbons (Fsp3) is 0.400. The van der Waals surface area contributed by atoms with E-state index >= 15 is 0 Å². The lowest BCUT2D eigenvalue weighted by molar-refractivity contribution is -0.130. The van der Waals surface area contributed by atoms with Crippen LogP contribution in [0.2, 0.25) is 0 Å². The van der Waals surface area contributed by atoms with Gasteiger partial charge in [-0.1, -0.05) is 11.6 Å². The Balaban J connectivity index is 1.84. The molecule has 1 heterocycles. The number of hydrogen-bond donors (Lipinski definition) is 0. The Labute approximate surface area is 107 Å². The summed E-state index contributed by atoms with van der Waals surface area (Å²) in [5, 5.41) is 1.21. The molecule has 1 saturated carbocycles. The Morgan fingerprint density at radius 2 is 2.17 bits per heavy atom. The summed E-state index contributed by atoms with van der Waals surface area (Å²) in [6.07, 6.45) is 4.32. The van der Waals surface area contributed by atoms with Crippen molar-refractivity contribution in [1.29, 1.82) is 0 Å². The van der Waals surface area contributed by atoms with Crippen molar-refractivity contribution in [3.8, 4) is 0 Å². The van der Waals surface area contributed by atoms with E-state index < -0.39 is 0 Å². The molecule has 0 aliphatic heterocycles. The van der Waals surface area contributed by atoms with Crippen molar-refractivity contribution < 1.29 is 4.79 Å². The van der Waals surface area contributed by atoms with E-state index in [0.717, 1.165) is 18.4 Å². The molecule has 3 rings (SSSR count). The smallest absolute Gasteiger partial charge is 0.242 e. The molecule has 3 nitrogen and oxygen atoms in total. The lowest BCUT2D eigenvalue weighted by Gasteiger charge is -2.17. The number of carbonyl (C=O) groups excluding carboxylic acids is 1. The number of hydrogen-bond acceptors (Lipinski definition) is 1. The van der Waals surface area contributed by atoms with Gasteiger partial charge in [-0.05, 0) is 43.4 Å². The monoisotopic (exact) mass is 242 g/mol. The van der Waals surface area contributed by atoms with Crippen molar-refractivity contribution in [3.05, 3.63) is 36.0 Å². The second-order valence-corrected chi connectivity index (χ2v) is 5.24. The Bertz CT molecular complexity index is 596. The summed E-state index contributed by atoms with van der Waals surface area (Å²) in [4.78, 5) is 14.0. The molecule has 1 aliphatic carbocycles. The highest BCUT2D eigenvalue weighted by molar-refractivity contribution is 5.84. The van der Waals surface area contributed by atoms with Crippen molar-refractivity contribution in [1.82, 2.24) is 9.47 Å². The molecule has 0 radical (unpaired) electrons. The molecule has 0 saturated heterocycles. The number of benzene rings is 1. The molecule has 0 bridgehead atoms. The van der Waals surface area contributed by atoms with Crippen LogP contribution in [-0.4, -0.2) is 28.5 Å². The van der Waals surface area contributed by atoms with Gasteiger partial charge in [0.2, 0.25) is 5.91 Å². The highest BCUT2D eigenvalue weighted by atomic mass is 16.2. The van der Waals surface area contributed by atoms with Crippen molar-refractivity contribution in [2.24, 2.45) is 0 Å². The van der Waals surface area contributed by atoms with Gasteiger partial charge in [0.05, 0.1) is 0 Å². The molecule has 0 atom stereocenters. The summed E-state index contributed by atoms with van der Waals surface area (Å²) in [5.41, 5.74) is 2.39. The van der Waals surface area contributed by atoms with Crippen LogP contribution in [0.15, 0.2) is 30.5 Å². The molecule has 3 heteroatoms. The maximum Gasteiger partial charge on any atom is 0.242 e. The molecule has 1 amide bonds. The van der Waals surface area contributed by atoms with Gasteiger partial charge in [0, 0.05) is 24.8 Å². The zero-order chi connectivity index (χ0) is 12.7. The van der Waals surface area contributed by atoms with E-state index in [-0.39, 0.29) is 5.91 Å². The lowest BCUT2D eigenvalue weighted by atomic mass is 10.2. The minimum absolute atomic E-state index is 0.204. The number of amides is 1. The number of aryl methyl sites for hydroxylation is 1. The standard InChI is InChI=1S/C15H18N2O/c1-11-3-6-14-12(9-11)7-8-17(14)10-15(18)16(2)13-4-5-13/h3,6-9,13H,4-5,10H2,1-2H3. The highest BCUT2D eigenvalue weighted by Crippen LogP contribution is 2.26. The molecule has 1 aromatic carbocycles. The summed E-state index contributed by atoms with van der Waals surface area (Å²) < 4.78 is 2.04. The molecule has 1 fully saturated rings. The van der Waals surface area contributed by atoms with Crippen LogP contribution in [0.25, 0.3) is 10.9 Å². The molecule has 1 aromatic heterocycles. The first-order chi connectivity index (χ1) is 8.65. The first-order valence-corrected chi connectivity index (χ1v) is 6.46. The average Bonchev–Trinajstić information content (AvgIpc) is 3.12. The van der Waals surface area contributed by atoms with E-state index in [2.05, 4.69) is 31.2 Å². The van der Waals surface area contributed by atoms with Crippen LogP contribution in [-0.2, 0) is 11.3 Å². The Hall–Kier alpha value is -1.77. The number of rotatable bonds is 3. The normalized spacial score (nSPS) is 15.0. The van der Waals surface area contributed by atoms with Gasteiger partial charge in [0.15, 0.2) is 0 Å². The van der Waals surface area contributed by atoms with Crippen molar-refractivity contribution in [2.45, 2.75) is 32.4 Å². The Morgan fingerprint density at radius 3 is 2.89 bits per heavy atom. The van der Waals surface area contributed by atoms with Crippen molar-refractivity contribution in [3.63, 3.8) is 0 Å². The molecule has 1 aliphatic rings. The van der Waals surface area contributed by atoms with E-state index in [1.807, 2.05) is 22.7 Å². The van der Waals surface area contributed by atoms with Crippen LogP contribution in [0.1, 0.15) is 18.4 Å². The summed E-state index contributed by atoms with van der Waals surface area (Å²) in [6.45, 7) is 2.53. The fourth-order valence-electron chi connectivity index (χ4n) is 2.38. The molecule has 0 unspecified atom stereocenters. The molecular formula is C15H18N2O. The quantitative estimate of drug-likeness (QED) is 0.812. The third-order valence-corrected chi connectivity index (χ3v) is 3.72. The summed E-state index contributed by atoms with van der Waals surface area (Å²) in [7, 11) is 1.91. The van der Waals surface area contributed by atoms with Gasteiger partial charge in [0.1, 0.15) is 6.54 Å². The largest absolute Gasteiger partial charge is 0.341 e. The zero-order valence-electron chi connectivity index (χ0n) is 10.9. The highest BCUT2D eigenvalue weighted by Gasteiger charge is 2.29. The number of nitrogens with zero attached hydrogens (tertiary/aromatic N) is 2. The van der Waals surface area contributed by atoms with Crippen LogP contribution in [0.4, 0.5) is 0 Å². The molecule has 0 N–H and O–H groups in total. The predicted molar refractivity (Wildman–Crippen MR) is 72.5 cm³/mol. The van der Waals surface area contributed by atoms with E-state index in [9.17, 15) is 4.79 Å². The average molecular weight is 242 g/mol. The SMILES string of the molecule is Cc1ccc2c(ccn2CC(=O)N(C)C2CC2)c1. The van der Waals surface area contributed by atoms with Gasteiger partial charge < -0.3 is 9.47 Å². The third-order valence-electron chi connectivity index (χ3n) is 3.72. The van der Waals surface area contributed by atoms with Gasteiger partial charge >= 0.3 is 0 Å². The maximum atomic E-state index is 12.1. The predicted octanol–water partition coefficient (Wildman–Crippen LogP) is 2.57. The lowest BCUT2D eigenvalue weighted by Crippen LogP contribution is -2.31. The minimum Gasteiger partial charge on any atom is -0.341 e. The molecule has 0 spiro atoms. The summed E-state index contributed by atoms with van der Waals surface area (Å²) in [5.74, 6) is 0.204. The second-order valence-electron chi connectivity index (χ2n) is 5.24. The van der Waals surface area contributed by atoms with Crippen LogP contribution in [0.3, 0.4) is 0 Å². The Kier molecular flexibility index (Phi) is 2.62. The first-order valence-electron chi connectivity index (χ1n) is 6.46. The number of carbonyl (C=O) groups is 1. The molecule has 18 heavy (non-hydrogen) atoms. The number of aromatic nitrogens is 1.